The number of carbonyl (C=O) groups is 2. The Kier molecular flexibility index (Phi) is 6.43. The maximum absolute atomic E-state index is 13.1. The van der Waals surface area contributed by atoms with Crippen LogP contribution >= 0.6 is 0 Å². The monoisotopic (exact) mass is 385 g/mol. The lowest BCUT2D eigenvalue weighted by molar-refractivity contribution is -0.137. The molecule has 0 aromatic heterocycles. The molecule has 0 atom stereocenters. The van der Waals surface area contributed by atoms with E-state index < -0.39 is 0 Å². The number of nitrogens with two attached hydrogens (primary N) is 1. The van der Waals surface area contributed by atoms with E-state index in [0.29, 0.717) is 13.0 Å². The smallest absolute Gasteiger partial charge is 0.227 e. The van der Waals surface area contributed by atoms with Gasteiger partial charge in [0.25, 0.3) is 0 Å². The van der Waals surface area contributed by atoms with Gasteiger partial charge in [0.15, 0.2) is 0 Å². The Balaban J connectivity index is 1.67. The van der Waals surface area contributed by atoms with E-state index in [1.165, 1.54) is 0 Å². The molecule has 0 heterocycles. The van der Waals surface area contributed by atoms with Crippen molar-refractivity contribution in [1.82, 2.24) is 4.90 Å². The lowest BCUT2D eigenvalue weighted by Gasteiger charge is -2.37. The highest BCUT2D eigenvalue weighted by atomic mass is 16.2. The lowest BCUT2D eigenvalue weighted by Crippen LogP contribution is -2.44. The molecule has 3 N–H and O–H groups in total. The number of nitrogens with zero attached hydrogens (tertiary/aromatic N) is 1. The normalized spacial score (nSPS) is 22.6. The van der Waals surface area contributed by atoms with Crippen LogP contribution < -0.4 is 11.1 Å². The third kappa shape index (κ3) is 6.06. The van der Waals surface area contributed by atoms with Gasteiger partial charge in [-0.05, 0) is 61.6 Å². The summed E-state index contributed by atoms with van der Waals surface area (Å²) >= 11 is 0. The van der Waals surface area contributed by atoms with E-state index >= 15 is 0 Å². The lowest BCUT2D eigenvalue weighted by atomic mass is 9.88. The summed E-state index contributed by atoms with van der Waals surface area (Å²) in [6.45, 7) is 6.94. The van der Waals surface area contributed by atoms with Crippen molar-refractivity contribution in [2.45, 2.75) is 84.3 Å². The molecule has 1 aromatic carbocycles. The highest BCUT2D eigenvalue weighted by Gasteiger charge is 2.31. The fourth-order valence-corrected chi connectivity index (χ4v) is 3.87. The summed E-state index contributed by atoms with van der Waals surface area (Å²) in [6, 6.07) is 8.47. The van der Waals surface area contributed by atoms with Crippen LogP contribution in [0.5, 0.6) is 0 Å². The molecule has 2 aliphatic rings. The Morgan fingerprint density at radius 3 is 2.18 bits per heavy atom. The van der Waals surface area contributed by atoms with Gasteiger partial charge >= 0.3 is 0 Å². The first-order valence-electron chi connectivity index (χ1n) is 10.7. The fourth-order valence-electron chi connectivity index (χ4n) is 3.87. The zero-order chi connectivity index (χ0) is 20.3. The summed E-state index contributed by atoms with van der Waals surface area (Å²) in [6.07, 6.45) is 6.47. The maximum atomic E-state index is 13.1. The molecule has 5 heteroatoms. The minimum absolute atomic E-state index is 0.0304. The molecule has 1 aromatic rings. The molecule has 2 fully saturated rings. The van der Waals surface area contributed by atoms with Crippen molar-refractivity contribution in [3.05, 3.63) is 29.8 Å². The van der Waals surface area contributed by atoms with Crippen LogP contribution in [-0.2, 0) is 16.1 Å². The summed E-state index contributed by atoms with van der Waals surface area (Å²) in [7, 11) is 0. The molecule has 2 saturated carbocycles. The van der Waals surface area contributed by atoms with Crippen LogP contribution in [0.15, 0.2) is 24.3 Å². The topological polar surface area (TPSA) is 75.4 Å². The molecule has 0 bridgehead atoms. The minimum Gasteiger partial charge on any atom is -0.335 e. The van der Waals surface area contributed by atoms with Crippen molar-refractivity contribution in [1.29, 1.82) is 0 Å². The molecule has 2 aliphatic carbocycles. The van der Waals surface area contributed by atoms with Gasteiger partial charge in [-0.3, -0.25) is 9.59 Å². The average molecular weight is 386 g/mol. The van der Waals surface area contributed by atoms with Crippen LogP contribution in [0.3, 0.4) is 0 Å². The second-order valence-electron chi connectivity index (χ2n) is 9.79. The summed E-state index contributed by atoms with van der Waals surface area (Å²) in [5.41, 5.74) is 7.97. The molecule has 28 heavy (non-hydrogen) atoms. The summed E-state index contributed by atoms with van der Waals surface area (Å²) < 4.78 is 0. The van der Waals surface area contributed by atoms with Crippen molar-refractivity contribution in [2.24, 2.45) is 17.1 Å². The second-order valence-corrected chi connectivity index (χ2v) is 9.79. The van der Waals surface area contributed by atoms with E-state index in [9.17, 15) is 9.59 Å². The number of benzene rings is 1. The average Bonchev–Trinajstić information content (AvgIpc) is 3.45. The number of nitrogens with one attached hydrogen (secondary N) is 1. The van der Waals surface area contributed by atoms with Gasteiger partial charge in [-0.25, -0.2) is 0 Å². The summed E-state index contributed by atoms with van der Waals surface area (Å²) in [5, 5.41) is 2.97. The predicted octanol–water partition coefficient (Wildman–Crippen LogP) is 4.07. The van der Waals surface area contributed by atoms with Crippen LogP contribution in [0.4, 0.5) is 5.69 Å². The molecule has 0 unspecified atom stereocenters. The number of hydrogen-bond acceptors (Lipinski definition) is 3. The van der Waals surface area contributed by atoms with E-state index in [1.807, 2.05) is 24.3 Å². The third-order valence-corrected chi connectivity index (χ3v) is 5.71. The van der Waals surface area contributed by atoms with Gasteiger partial charge in [-0.15, -0.1) is 0 Å². The van der Waals surface area contributed by atoms with Gasteiger partial charge in [-0.1, -0.05) is 32.9 Å². The molecule has 0 saturated heterocycles. The Labute approximate surface area is 169 Å². The molecular weight excluding hydrogens is 350 g/mol. The van der Waals surface area contributed by atoms with Crippen molar-refractivity contribution in [3.63, 3.8) is 0 Å². The van der Waals surface area contributed by atoms with Gasteiger partial charge in [0.1, 0.15) is 0 Å². The predicted molar refractivity (Wildman–Crippen MR) is 113 cm³/mol. The molecule has 3 rings (SSSR count). The van der Waals surface area contributed by atoms with Gasteiger partial charge in [0, 0.05) is 36.7 Å². The van der Waals surface area contributed by atoms with E-state index in [4.69, 9.17) is 5.73 Å². The highest BCUT2D eigenvalue weighted by Crippen LogP contribution is 2.31. The highest BCUT2D eigenvalue weighted by molar-refractivity contribution is 5.94. The van der Waals surface area contributed by atoms with Crippen molar-refractivity contribution < 1.29 is 9.59 Å². The molecule has 0 radical (unpaired) electrons. The van der Waals surface area contributed by atoms with Crippen molar-refractivity contribution >= 4 is 17.5 Å². The summed E-state index contributed by atoms with van der Waals surface area (Å²) in [5.74, 6) is 0.537. The molecule has 2 amide bonds. The number of carbonyl (C=O) groups excluding carboxylic acids is 2. The molecule has 0 aliphatic heterocycles. The van der Waals surface area contributed by atoms with Crippen molar-refractivity contribution in [3.8, 4) is 0 Å². The number of amides is 2. The zero-order valence-corrected chi connectivity index (χ0v) is 17.5. The van der Waals surface area contributed by atoms with Crippen LogP contribution in [0.25, 0.3) is 0 Å². The first-order valence-corrected chi connectivity index (χ1v) is 10.7. The van der Waals surface area contributed by atoms with Gasteiger partial charge < -0.3 is 16.0 Å². The Hall–Kier alpha value is -1.88. The molecule has 5 nitrogen and oxygen atoms in total. The van der Waals surface area contributed by atoms with Crippen molar-refractivity contribution in [2.75, 3.05) is 5.32 Å². The minimum atomic E-state index is -0.0304. The first kappa shape index (κ1) is 20.8. The zero-order valence-electron chi connectivity index (χ0n) is 17.5. The maximum Gasteiger partial charge on any atom is 0.227 e. The van der Waals surface area contributed by atoms with Crippen LogP contribution in [0.2, 0.25) is 0 Å². The first-order chi connectivity index (χ1) is 13.2. The largest absolute Gasteiger partial charge is 0.335 e. The van der Waals surface area contributed by atoms with Crippen LogP contribution in [0, 0.1) is 11.3 Å². The van der Waals surface area contributed by atoms with Gasteiger partial charge in [0.05, 0.1) is 0 Å². The standard InChI is InChI=1S/C23H35N3O2/c1-23(2,3)14-21(27)26(20-12-8-18(24)9-13-20)15-16-4-10-19(11-5-16)25-22(28)17-6-7-17/h4-5,10-11,17-18,20H,6-9,12-15,24H2,1-3H3,(H,25,28). The van der Waals surface area contributed by atoms with E-state index in [1.54, 1.807) is 0 Å². The quantitative estimate of drug-likeness (QED) is 0.775. The van der Waals surface area contributed by atoms with E-state index in [0.717, 1.165) is 49.8 Å². The van der Waals surface area contributed by atoms with E-state index in [-0.39, 0.29) is 35.2 Å². The third-order valence-electron chi connectivity index (χ3n) is 5.71. The van der Waals surface area contributed by atoms with Crippen LogP contribution in [0.1, 0.15) is 71.3 Å². The van der Waals surface area contributed by atoms with Crippen LogP contribution in [-0.4, -0.2) is 28.8 Å². The number of hydrogen-bond donors (Lipinski definition) is 2. The van der Waals surface area contributed by atoms with Gasteiger partial charge in [0.2, 0.25) is 11.8 Å². The molecule has 154 valence electrons. The fraction of sp³-hybridized carbons (Fsp3) is 0.652. The summed E-state index contributed by atoms with van der Waals surface area (Å²) in [4.78, 5) is 27.1. The SMILES string of the molecule is CC(C)(C)CC(=O)N(Cc1ccc(NC(=O)C2CC2)cc1)C1CCC(N)CC1. The molecular formula is C23H35N3O2. The number of rotatable bonds is 6. The number of anilines is 1. The van der Waals surface area contributed by atoms with E-state index in [2.05, 4.69) is 31.0 Å². The Morgan fingerprint density at radius 2 is 1.64 bits per heavy atom. The second kappa shape index (κ2) is 8.64. The Bertz CT molecular complexity index is 681. The Morgan fingerprint density at radius 1 is 1.04 bits per heavy atom. The van der Waals surface area contributed by atoms with Gasteiger partial charge in [-0.2, -0.15) is 0 Å². The molecule has 0 spiro atoms.